The molecule has 1 aliphatic heterocycles. The van der Waals surface area contributed by atoms with Gasteiger partial charge in [-0.15, -0.1) is 0 Å². The summed E-state index contributed by atoms with van der Waals surface area (Å²) in [4.78, 5) is 4.59. The maximum absolute atomic E-state index is 12.8. The number of nitrogens with one attached hydrogen (secondary N) is 1. The SMILES string of the molecule is CCC(CC)C1CN=C(NCCc2ccc(F)cc2)S1. The van der Waals surface area contributed by atoms with E-state index in [9.17, 15) is 4.39 Å². The lowest BCUT2D eigenvalue weighted by Gasteiger charge is -2.18. The predicted octanol–water partition coefficient (Wildman–Crippen LogP) is 3.87. The van der Waals surface area contributed by atoms with Gasteiger partial charge in [-0.25, -0.2) is 4.39 Å². The lowest BCUT2D eigenvalue weighted by molar-refractivity contribution is 0.479. The van der Waals surface area contributed by atoms with Crippen LogP contribution in [-0.4, -0.2) is 23.5 Å². The van der Waals surface area contributed by atoms with Gasteiger partial charge in [-0.05, 0) is 30.0 Å². The summed E-state index contributed by atoms with van der Waals surface area (Å²) in [6.45, 7) is 6.31. The van der Waals surface area contributed by atoms with Gasteiger partial charge < -0.3 is 5.32 Å². The Bertz CT molecular complexity index is 440. The summed E-state index contributed by atoms with van der Waals surface area (Å²) in [5, 5.41) is 5.11. The number of hydrogen-bond donors (Lipinski definition) is 1. The van der Waals surface area contributed by atoms with Crippen LogP contribution in [0.4, 0.5) is 4.39 Å². The molecule has 2 nitrogen and oxygen atoms in total. The van der Waals surface area contributed by atoms with E-state index in [-0.39, 0.29) is 5.82 Å². The van der Waals surface area contributed by atoms with Crippen molar-refractivity contribution in [1.29, 1.82) is 0 Å². The number of rotatable bonds is 6. The van der Waals surface area contributed by atoms with Crippen LogP contribution < -0.4 is 5.32 Å². The van der Waals surface area contributed by atoms with Crippen LogP contribution in [0.15, 0.2) is 29.3 Å². The van der Waals surface area contributed by atoms with Crippen LogP contribution >= 0.6 is 11.8 Å². The Balaban J connectivity index is 1.72. The molecule has 1 aliphatic rings. The first-order valence-corrected chi connectivity index (χ1v) is 8.30. The summed E-state index contributed by atoms with van der Waals surface area (Å²) in [7, 11) is 0. The van der Waals surface area contributed by atoms with E-state index in [0.717, 1.165) is 36.2 Å². The molecular formula is C16H23FN2S. The number of hydrogen-bond acceptors (Lipinski definition) is 3. The average molecular weight is 294 g/mol. The standard InChI is InChI=1S/C16H23FN2S/c1-3-13(4-2)15-11-19-16(20-15)18-10-9-12-5-7-14(17)8-6-12/h5-8,13,15H,3-4,9-11H2,1-2H3,(H,18,19). The van der Waals surface area contributed by atoms with Crippen molar-refractivity contribution in [3.05, 3.63) is 35.6 Å². The smallest absolute Gasteiger partial charge is 0.156 e. The van der Waals surface area contributed by atoms with E-state index >= 15 is 0 Å². The van der Waals surface area contributed by atoms with Gasteiger partial charge in [0, 0.05) is 11.8 Å². The Morgan fingerprint density at radius 3 is 2.65 bits per heavy atom. The fourth-order valence-corrected chi connectivity index (χ4v) is 3.86. The minimum absolute atomic E-state index is 0.176. The highest BCUT2D eigenvalue weighted by atomic mass is 32.2. The highest BCUT2D eigenvalue weighted by Gasteiger charge is 2.25. The van der Waals surface area contributed by atoms with Crippen LogP contribution in [0.5, 0.6) is 0 Å². The largest absolute Gasteiger partial charge is 0.365 e. The van der Waals surface area contributed by atoms with E-state index in [4.69, 9.17) is 0 Å². The van der Waals surface area contributed by atoms with Gasteiger partial charge in [0.2, 0.25) is 0 Å². The third-order valence-corrected chi connectivity index (χ3v) is 5.19. The van der Waals surface area contributed by atoms with Crippen LogP contribution in [0.2, 0.25) is 0 Å². The van der Waals surface area contributed by atoms with Crippen molar-refractivity contribution in [1.82, 2.24) is 5.32 Å². The van der Waals surface area contributed by atoms with Crippen molar-refractivity contribution in [2.24, 2.45) is 10.9 Å². The predicted molar refractivity (Wildman–Crippen MR) is 85.9 cm³/mol. The molecule has 110 valence electrons. The summed E-state index contributed by atoms with van der Waals surface area (Å²) in [5.41, 5.74) is 1.15. The van der Waals surface area contributed by atoms with Gasteiger partial charge in [-0.3, -0.25) is 4.99 Å². The van der Waals surface area contributed by atoms with Gasteiger partial charge in [-0.1, -0.05) is 50.6 Å². The highest BCUT2D eigenvalue weighted by Crippen LogP contribution is 2.30. The molecule has 0 aliphatic carbocycles. The van der Waals surface area contributed by atoms with Gasteiger partial charge in [0.15, 0.2) is 5.17 Å². The van der Waals surface area contributed by atoms with Crippen LogP contribution in [0.1, 0.15) is 32.3 Å². The molecule has 1 atom stereocenters. The zero-order chi connectivity index (χ0) is 14.4. The summed E-state index contributed by atoms with van der Waals surface area (Å²) < 4.78 is 12.8. The molecule has 0 spiro atoms. The van der Waals surface area contributed by atoms with Crippen LogP contribution in [0, 0.1) is 11.7 Å². The number of amidine groups is 1. The molecular weight excluding hydrogens is 271 g/mol. The number of benzene rings is 1. The fraction of sp³-hybridized carbons (Fsp3) is 0.562. The Morgan fingerprint density at radius 2 is 2.00 bits per heavy atom. The van der Waals surface area contributed by atoms with Crippen molar-refractivity contribution in [2.75, 3.05) is 13.1 Å². The van der Waals surface area contributed by atoms with Gasteiger partial charge in [0.05, 0.1) is 6.54 Å². The number of thioether (sulfide) groups is 1. The van der Waals surface area contributed by atoms with E-state index in [1.807, 2.05) is 23.9 Å². The molecule has 0 fully saturated rings. The third-order valence-electron chi connectivity index (χ3n) is 3.86. The highest BCUT2D eigenvalue weighted by molar-refractivity contribution is 8.14. The zero-order valence-electron chi connectivity index (χ0n) is 12.2. The third kappa shape index (κ3) is 4.23. The maximum atomic E-state index is 12.8. The van der Waals surface area contributed by atoms with Gasteiger partial charge >= 0.3 is 0 Å². The molecule has 1 aromatic rings. The number of nitrogens with zero attached hydrogens (tertiary/aromatic N) is 1. The zero-order valence-corrected chi connectivity index (χ0v) is 13.0. The van der Waals surface area contributed by atoms with E-state index in [0.29, 0.717) is 5.25 Å². The van der Waals surface area contributed by atoms with Crippen LogP contribution in [-0.2, 0) is 6.42 Å². The summed E-state index contributed by atoms with van der Waals surface area (Å²) in [6, 6.07) is 6.71. The molecule has 2 rings (SSSR count). The monoisotopic (exact) mass is 294 g/mol. The molecule has 0 aromatic heterocycles. The van der Waals surface area contributed by atoms with E-state index in [2.05, 4.69) is 24.2 Å². The maximum Gasteiger partial charge on any atom is 0.156 e. The quantitative estimate of drug-likeness (QED) is 0.861. The fourth-order valence-electron chi connectivity index (χ4n) is 2.51. The second-order valence-electron chi connectivity index (χ2n) is 5.18. The molecule has 1 N–H and O–H groups in total. The molecule has 1 heterocycles. The molecule has 1 aromatic carbocycles. The minimum Gasteiger partial charge on any atom is -0.365 e. The van der Waals surface area contributed by atoms with Crippen molar-refractivity contribution >= 4 is 16.9 Å². The molecule has 0 bridgehead atoms. The molecule has 4 heteroatoms. The molecule has 20 heavy (non-hydrogen) atoms. The first-order chi connectivity index (χ1) is 9.72. The minimum atomic E-state index is -0.176. The molecule has 0 saturated heterocycles. The van der Waals surface area contributed by atoms with Crippen molar-refractivity contribution in [2.45, 2.75) is 38.4 Å². The normalized spacial score (nSPS) is 18.4. The topological polar surface area (TPSA) is 24.4 Å². The van der Waals surface area contributed by atoms with E-state index < -0.39 is 0 Å². The van der Waals surface area contributed by atoms with Crippen molar-refractivity contribution in [3.8, 4) is 0 Å². The van der Waals surface area contributed by atoms with E-state index in [1.165, 1.54) is 25.0 Å². The second kappa shape index (κ2) is 7.67. The van der Waals surface area contributed by atoms with Crippen molar-refractivity contribution < 1.29 is 4.39 Å². The summed E-state index contributed by atoms with van der Waals surface area (Å²) >= 11 is 1.88. The molecule has 0 amide bonds. The Hall–Kier alpha value is -1.03. The number of halogens is 1. The first kappa shape index (κ1) is 15.4. The lowest BCUT2D eigenvalue weighted by Crippen LogP contribution is -2.23. The number of aliphatic imine (C=N–C) groups is 1. The summed E-state index contributed by atoms with van der Waals surface area (Å²) in [6.07, 6.45) is 3.36. The molecule has 0 radical (unpaired) electrons. The van der Waals surface area contributed by atoms with Gasteiger partial charge in [-0.2, -0.15) is 0 Å². The summed E-state index contributed by atoms with van der Waals surface area (Å²) in [5.74, 6) is 0.589. The first-order valence-electron chi connectivity index (χ1n) is 7.42. The van der Waals surface area contributed by atoms with Gasteiger partial charge in [0.25, 0.3) is 0 Å². The Morgan fingerprint density at radius 1 is 1.30 bits per heavy atom. The Labute approximate surface area is 125 Å². The lowest BCUT2D eigenvalue weighted by atomic mass is 9.99. The second-order valence-corrected chi connectivity index (χ2v) is 6.41. The van der Waals surface area contributed by atoms with Gasteiger partial charge in [0.1, 0.15) is 5.82 Å². The van der Waals surface area contributed by atoms with Crippen LogP contribution in [0.3, 0.4) is 0 Å². The van der Waals surface area contributed by atoms with Crippen LogP contribution in [0.25, 0.3) is 0 Å². The Kier molecular flexibility index (Phi) is 5.89. The van der Waals surface area contributed by atoms with Crippen molar-refractivity contribution in [3.63, 3.8) is 0 Å². The molecule has 1 unspecified atom stereocenters. The van der Waals surface area contributed by atoms with E-state index in [1.54, 1.807) is 0 Å². The average Bonchev–Trinajstić information content (AvgIpc) is 2.91. The molecule has 0 saturated carbocycles.